The summed E-state index contributed by atoms with van der Waals surface area (Å²) in [5.41, 5.74) is 8.11. The van der Waals surface area contributed by atoms with Gasteiger partial charge < -0.3 is 11.1 Å². The summed E-state index contributed by atoms with van der Waals surface area (Å²) in [7, 11) is 0. The molecule has 1 amide bonds. The first-order valence-corrected chi connectivity index (χ1v) is 7.45. The molecular weight excluding hydrogens is 250 g/mol. The molecule has 1 atom stereocenters. The standard InChI is InChI=1S/C16H25N3O/c1-13-5-2-3-6-14(13)11-19-10-4-7-15(12-19)16(20)18-9-8-17/h2-3,5-6,15H,4,7-12,17H2,1H3,(H,18,20). The van der Waals surface area contributed by atoms with Crippen LogP contribution in [-0.4, -0.2) is 37.0 Å². The second-order valence-electron chi connectivity index (χ2n) is 5.58. The molecule has 1 saturated heterocycles. The van der Waals surface area contributed by atoms with Gasteiger partial charge in [-0.3, -0.25) is 9.69 Å². The van der Waals surface area contributed by atoms with E-state index in [4.69, 9.17) is 5.73 Å². The number of carbonyl (C=O) groups excluding carboxylic acids is 1. The van der Waals surface area contributed by atoms with Crippen molar-refractivity contribution in [3.05, 3.63) is 35.4 Å². The Labute approximate surface area is 121 Å². The number of hydrogen-bond acceptors (Lipinski definition) is 3. The molecule has 1 fully saturated rings. The van der Waals surface area contributed by atoms with Crippen LogP contribution >= 0.6 is 0 Å². The number of likely N-dealkylation sites (tertiary alicyclic amines) is 1. The number of benzene rings is 1. The monoisotopic (exact) mass is 275 g/mol. The molecule has 0 spiro atoms. The van der Waals surface area contributed by atoms with E-state index in [1.54, 1.807) is 0 Å². The van der Waals surface area contributed by atoms with Crippen molar-refractivity contribution in [2.24, 2.45) is 11.7 Å². The zero-order valence-corrected chi connectivity index (χ0v) is 12.3. The average molecular weight is 275 g/mol. The lowest BCUT2D eigenvalue weighted by molar-refractivity contribution is -0.126. The first kappa shape index (κ1) is 15.0. The fraction of sp³-hybridized carbons (Fsp3) is 0.562. The minimum atomic E-state index is 0.110. The number of nitrogens with two attached hydrogens (primary N) is 1. The molecule has 1 aromatic rings. The predicted molar refractivity (Wildman–Crippen MR) is 81.2 cm³/mol. The third-order valence-corrected chi connectivity index (χ3v) is 3.98. The first-order valence-electron chi connectivity index (χ1n) is 7.45. The molecular formula is C16H25N3O. The van der Waals surface area contributed by atoms with Gasteiger partial charge in [-0.1, -0.05) is 24.3 Å². The van der Waals surface area contributed by atoms with Crippen LogP contribution in [0.3, 0.4) is 0 Å². The van der Waals surface area contributed by atoms with E-state index in [2.05, 4.69) is 41.4 Å². The molecule has 0 bridgehead atoms. The third kappa shape index (κ3) is 4.05. The van der Waals surface area contributed by atoms with Crippen LogP contribution in [0.5, 0.6) is 0 Å². The van der Waals surface area contributed by atoms with Crippen LogP contribution in [0.15, 0.2) is 24.3 Å². The molecule has 0 radical (unpaired) electrons. The molecule has 4 nitrogen and oxygen atoms in total. The molecule has 0 aliphatic carbocycles. The summed E-state index contributed by atoms with van der Waals surface area (Å²) in [4.78, 5) is 14.4. The average Bonchev–Trinajstić information content (AvgIpc) is 2.47. The summed E-state index contributed by atoms with van der Waals surface area (Å²) in [5, 5.41) is 2.91. The van der Waals surface area contributed by atoms with Gasteiger partial charge in [-0.2, -0.15) is 0 Å². The Hall–Kier alpha value is -1.39. The fourth-order valence-electron chi connectivity index (χ4n) is 2.78. The Bertz CT molecular complexity index is 447. The molecule has 3 N–H and O–H groups in total. The lowest BCUT2D eigenvalue weighted by atomic mass is 9.96. The SMILES string of the molecule is Cc1ccccc1CN1CCCC(C(=O)NCCN)C1. The highest BCUT2D eigenvalue weighted by Gasteiger charge is 2.25. The third-order valence-electron chi connectivity index (χ3n) is 3.98. The molecule has 2 rings (SSSR count). The van der Waals surface area contributed by atoms with Crippen molar-refractivity contribution >= 4 is 5.91 Å². The number of carbonyl (C=O) groups is 1. The molecule has 1 aliphatic rings. The maximum atomic E-state index is 12.0. The largest absolute Gasteiger partial charge is 0.355 e. The summed E-state index contributed by atoms with van der Waals surface area (Å²) in [6.07, 6.45) is 2.08. The highest BCUT2D eigenvalue weighted by atomic mass is 16.1. The van der Waals surface area contributed by atoms with E-state index in [9.17, 15) is 4.79 Å². The maximum Gasteiger partial charge on any atom is 0.224 e. The van der Waals surface area contributed by atoms with Gasteiger partial charge in [0, 0.05) is 26.2 Å². The summed E-state index contributed by atoms with van der Waals surface area (Å²) < 4.78 is 0. The van der Waals surface area contributed by atoms with Crippen LogP contribution in [0.2, 0.25) is 0 Å². The lowest BCUT2D eigenvalue weighted by Gasteiger charge is -2.32. The van der Waals surface area contributed by atoms with Gasteiger partial charge in [0.05, 0.1) is 5.92 Å². The number of hydrogen-bond donors (Lipinski definition) is 2. The molecule has 4 heteroatoms. The van der Waals surface area contributed by atoms with Crippen LogP contribution in [0.1, 0.15) is 24.0 Å². The molecule has 1 aromatic carbocycles. The number of rotatable bonds is 5. The molecule has 0 aromatic heterocycles. The van der Waals surface area contributed by atoms with Crippen molar-refractivity contribution in [3.63, 3.8) is 0 Å². The van der Waals surface area contributed by atoms with Crippen molar-refractivity contribution in [3.8, 4) is 0 Å². The summed E-state index contributed by atoms with van der Waals surface area (Å²) in [5.74, 6) is 0.268. The van der Waals surface area contributed by atoms with Gasteiger partial charge in [-0.25, -0.2) is 0 Å². The van der Waals surface area contributed by atoms with Crippen LogP contribution in [0.25, 0.3) is 0 Å². The quantitative estimate of drug-likeness (QED) is 0.851. The minimum absolute atomic E-state index is 0.110. The Morgan fingerprint density at radius 3 is 3.00 bits per heavy atom. The van der Waals surface area contributed by atoms with E-state index in [1.165, 1.54) is 11.1 Å². The molecule has 1 unspecified atom stereocenters. The van der Waals surface area contributed by atoms with E-state index in [0.29, 0.717) is 13.1 Å². The van der Waals surface area contributed by atoms with E-state index in [1.807, 2.05) is 0 Å². The van der Waals surface area contributed by atoms with Crippen LogP contribution in [0.4, 0.5) is 0 Å². The summed E-state index contributed by atoms with van der Waals surface area (Å²) in [6, 6.07) is 8.47. The Kier molecular flexibility index (Phi) is 5.56. The molecule has 20 heavy (non-hydrogen) atoms. The zero-order chi connectivity index (χ0) is 14.4. The van der Waals surface area contributed by atoms with Gasteiger partial charge in [0.25, 0.3) is 0 Å². The fourth-order valence-corrected chi connectivity index (χ4v) is 2.78. The summed E-state index contributed by atoms with van der Waals surface area (Å²) >= 11 is 0. The van der Waals surface area contributed by atoms with E-state index >= 15 is 0 Å². The number of amides is 1. The Balaban J connectivity index is 1.90. The summed E-state index contributed by atoms with van der Waals surface area (Å²) in [6.45, 7) is 6.09. The van der Waals surface area contributed by atoms with Crippen LogP contribution in [0, 0.1) is 12.8 Å². The van der Waals surface area contributed by atoms with Gasteiger partial charge in [-0.15, -0.1) is 0 Å². The van der Waals surface area contributed by atoms with Crippen molar-refractivity contribution in [2.75, 3.05) is 26.2 Å². The van der Waals surface area contributed by atoms with Gasteiger partial charge in [0.1, 0.15) is 0 Å². The first-order chi connectivity index (χ1) is 9.70. The van der Waals surface area contributed by atoms with Crippen molar-refractivity contribution < 1.29 is 4.79 Å². The van der Waals surface area contributed by atoms with Gasteiger partial charge >= 0.3 is 0 Å². The zero-order valence-electron chi connectivity index (χ0n) is 12.3. The van der Waals surface area contributed by atoms with Crippen molar-refractivity contribution in [1.82, 2.24) is 10.2 Å². The molecule has 1 aliphatic heterocycles. The van der Waals surface area contributed by atoms with Gasteiger partial charge in [-0.05, 0) is 37.4 Å². The molecule has 1 heterocycles. The number of nitrogens with one attached hydrogen (secondary N) is 1. The van der Waals surface area contributed by atoms with E-state index < -0.39 is 0 Å². The normalized spacial score (nSPS) is 19.8. The maximum absolute atomic E-state index is 12.0. The predicted octanol–water partition coefficient (Wildman–Crippen LogP) is 1.28. The van der Waals surface area contributed by atoms with Crippen molar-refractivity contribution in [1.29, 1.82) is 0 Å². The van der Waals surface area contributed by atoms with Crippen molar-refractivity contribution in [2.45, 2.75) is 26.3 Å². The number of nitrogens with zero attached hydrogens (tertiary/aromatic N) is 1. The topological polar surface area (TPSA) is 58.4 Å². The highest BCUT2D eigenvalue weighted by molar-refractivity contribution is 5.78. The van der Waals surface area contributed by atoms with E-state index in [0.717, 1.165) is 32.5 Å². The minimum Gasteiger partial charge on any atom is -0.355 e. The van der Waals surface area contributed by atoms with Crippen LogP contribution < -0.4 is 11.1 Å². The second kappa shape index (κ2) is 7.41. The number of aryl methyl sites for hydroxylation is 1. The molecule has 110 valence electrons. The molecule has 0 saturated carbocycles. The van der Waals surface area contributed by atoms with Crippen LogP contribution in [-0.2, 0) is 11.3 Å². The smallest absolute Gasteiger partial charge is 0.224 e. The highest BCUT2D eigenvalue weighted by Crippen LogP contribution is 2.19. The number of piperidine rings is 1. The second-order valence-corrected chi connectivity index (χ2v) is 5.58. The van der Waals surface area contributed by atoms with Gasteiger partial charge in [0.15, 0.2) is 0 Å². The Morgan fingerprint density at radius 2 is 2.25 bits per heavy atom. The van der Waals surface area contributed by atoms with Gasteiger partial charge in [0.2, 0.25) is 5.91 Å². The van der Waals surface area contributed by atoms with E-state index in [-0.39, 0.29) is 11.8 Å². The Morgan fingerprint density at radius 1 is 1.45 bits per heavy atom. The lowest BCUT2D eigenvalue weighted by Crippen LogP contribution is -2.43.